The quantitative estimate of drug-likeness (QED) is 0.815. The third-order valence-corrected chi connectivity index (χ3v) is 3.15. The highest BCUT2D eigenvalue weighted by Gasteiger charge is 2.26. The average molecular weight is 248 g/mol. The first kappa shape index (κ1) is 12.6. The highest BCUT2D eigenvalue weighted by molar-refractivity contribution is 5.95. The van der Waals surface area contributed by atoms with Gasteiger partial charge in [0.25, 0.3) is 0 Å². The van der Waals surface area contributed by atoms with Crippen LogP contribution in [0.15, 0.2) is 18.2 Å². The zero-order valence-electron chi connectivity index (χ0n) is 10.2. The van der Waals surface area contributed by atoms with Crippen molar-refractivity contribution in [2.75, 3.05) is 13.7 Å². The fraction of sp³-hybridized carbons (Fsp3) is 0.385. The standard InChI is InChI=1S/C13H16N2O3/c1-18-7-12(16)15-11-6-5-8-9(11)3-2-4-10(8)13(14)17/h2-4,11H,5-7H2,1H3,(H2,14,17)(H,15,16). The Morgan fingerprint density at radius 3 is 2.94 bits per heavy atom. The molecule has 2 amide bonds. The van der Waals surface area contributed by atoms with E-state index in [0.717, 1.165) is 24.0 Å². The summed E-state index contributed by atoms with van der Waals surface area (Å²) >= 11 is 0. The number of carbonyl (C=O) groups excluding carboxylic acids is 2. The molecule has 1 aliphatic rings. The van der Waals surface area contributed by atoms with Gasteiger partial charge in [0.1, 0.15) is 6.61 Å². The van der Waals surface area contributed by atoms with Crippen LogP contribution >= 0.6 is 0 Å². The van der Waals surface area contributed by atoms with Crippen molar-refractivity contribution >= 4 is 11.8 Å². The van der Waals surface area contributed by atoms with Gasteiger partial charge in [-0.05, 0) is 30.0 Å². The van der Waals surface area contributed by atoms with E-state index in [9.17, 15) is 9.59 Å². The van der Waals surface area contributed by atoms with Crippen molar-refractivity contribution in [1.29, 1.82) is 0 Å². The van der Waals surface area contributed by atoms with Gasteiger partial charge >= 0.3 is 0 Å². The largest absolute Gasteiger partial charge is 0.375 e. The number of carbonyl (C=O) groups is 2. The lowest BCUT2D eigenvalue weighted by Crippen LogP contribution is -2.30. The lowest BCUT2D eigenvalue weighted by Gasteiger charge is -2.14. The molecule has 1 atom stereocenters. The lowest BCUT2D eigenvalue weighted by atomic mass is 10.0. The number of hydrogen-bond acceptors (Lipinski definition) is 3. The van der Waals surface area contributed by atoms with Gasteiger partial charge in [0.05, 0.1) is 6.04 Å². The van der Waals surface area contributed by atoms with Gasteiger partial charge in [-0.3, -0.25) is 9.59 Å². The van der Waals surface area contributed by atoms with Crippen molar-refractivity contribution in [3.63, 3.8) is 0 Å². The smallest absolute Gasteiger partial charge is 0.248 e. The molecule has 18 heavy (non-hydrogen) atoms. The van der Waals surface area contributed by atoms with Gasteiger partial charge in [-0.25, -0.2) is 0 Å². The van der Waals surface area contributed by atoms with Gasteiger partial charge in [0.15, 0.2) is 0 Å². The Morgan fingerprint density at radius 2 is 2.28 bits per heavy atom. The van der Waals surface area contributed by atoms with Crippen molar-refractivity contribution in [3.8, 4) is 0 Å². The second-order valence-electron chi connectivity index (χ2n) is 4.33. The molecule has 0 fully saturated rings. The number of ether oxygens (including phenoxy) is 1. The summed E-state index contributed by atoms with van der Waals surface area (Å²) in [4.78, 5) is 22.8. The third kappa shape index (κ3) is 2.36. The monoisotopic (exact) mass is 248 g/mol. The average Bonchev–Trinajstić information content (AvgIpc) is 2.72. The second-order valence-corrected chi connectivity index (χ2v) is 4.33. The van der Waals surface area contributed by atoms with Crippen molar-refractivity contribution in [1.82, 2.24) is 5.32 Å². The minimum atomic E-state index is -0.421. The molecule has 2 rings (SSSR count). The molecule has 1 aromatic rings. The van der Waals surface area contributed by atoms with E-state index in [2.05, 4.69) is 5.32 Å². The van der Waals surface area contributed by atoms with E-state index < -0.39 is 5.91 Å². The number of benzene rings is 1. The van der Waals surface area contributed by atoms with Gasteiger partial charge in [-0.15, -0.1) is 0 Å². The van der Waals surface area contributed by atoms with Crippen molar-refractivity contribution in [2.45, 2.75) is 18.9 Å². The summed E-state index contributed by atoms with van der Waals surface area (Å²) in [5.74, 6) is -0.574. The number of nitrogens with one attached hydrogen (secondary N) is 1. The fourth-order valence-corrected chi connectivity index (χ4v) is 2.40. The molecule has 1 unspecified atom stereocenters. The molecule has 96 valence electrons. The predicted octanol–water partition coefficient (Wildman–Crippen LogP) is 0.535. The van der Waals surface area contributed by atoms with Gasteiger partial charge in [-0.1, -0.05) is 12.1 Å². The molecule has 0 aromatic heterocycles. The number of amides is 2. The number of nitrogens with two attached hydrogens (primary N) is 1. The summed E-state index contributed by atoms with van der Waals surface area (Å²) in [6, 6.07) is 5.38. The summed E-state index contributed by atoms with van der Waals surface area (Å²) < 4.78 is 4.78. The normalized spacial score (nSPS) is 17.3. The Bertz CT molecular complexity index is 485. The molecule has 0 heterocycles. The van der Waals surface area contributed by atoms with Crippen LogP contribution in [0.3, 0.4) is 0 Å². The minimum Gasteiger partial charge on any atom is -0.375 e. The number of hydrogen-bond donors (Lipinski definition) is 2. The van der Waals surface area contributed by atoms with Gasteiger partial charge in [0, 0.05) is 12.7 Å². The molecule has 5 heteroatoms. The van der Waals surface area contributed by atoms with Gasteiger partial charge in [0.2, 0.25) is 11.8 Å². The first-order chi connectivity index (χ1) is 8.63. The molecule has 0 aliphatic heterocycles. The van der Waals surface area contributed by atoms with Crippen LogP contribution < -0.4 is 11.1 Å². The van der Waals surface area contributed by atoms with Crippen LogP contribution in [0.5, 0.6) is 0 Å². The minimum absolute atomic E-state index is 0.0430. The highest BCUT2D eigenvalue weighted by atomic mass is 16.5. The van der Waals surface area contributed by atoms with Crippen LogP contribution in [0.2, 0.25) is 0 Å². The Morgan fingerprint density at radius 1 is 1.50 bits per heavy atom. The van der Waals surface area contributed by atoms with Crippen LogP contribution in [0.1, 0.15) is 33.9 Å². The molecule has 1 aliphatic carbocycles. The van der Waals surface area contributed by atoms with Gasteiger partial charge in [-0.2, -0.15) is 0 Å². The summed E-state index contributed by atoms with van der Waals surface area (Å²) in [6.45, 7) is 0.0430. The molecule has 0 spiro atoms. The van der Waals surface area contributed by atoms with E-state index in [-0.39, 0.29) is 18.6 Å². The Kier molecular flexibility index (Phi) is 3.62. The van der Waals surface area contributed by atoms with Crippen molar-refractivity contribution < 1.29 is 14.3 Å². The van der Waals surface area contributed by atoms with E-state index in [1.165, 1.54) is 7.11 Å². The van der Waals surface area contributed by atoms with Crippen LogP contribution in [-0.2, 0) is 16.0 Å². The molecule has 5 nitrogen and oxygen atoms in total. The molecule has 3 N–H and O–H groups in total. The molecule has 0 bridgehead atoms. The Balaban J connectivity index is 2.21. The zero-order chi connectivity index (χ0) is 13.1. The van der Waals surface area contributed by atoms with Crippen molar-refractivity contribution in [2.24, 2.45) is 5.73 Å². The van der Waals surface area contributed by atoms with Crippen LogP contribution in [0.25, 0.3) is 0 Å². The van der Waals surface area contributed by atoms with E-state index in [1.54, 1.807) is 12.1 Å². The molecular formula is C13H16N2O3. The SMILES string of the molecule is COCC(=O)NC1CCc2c(C(N)=O)cccc21. The first-order valence-corrected chi connectivity index (χ1v) is 5.83. The number of primary amides is 1. The topological polar surface area (TPSA) is 81.4 Å². The molecular weight excluding hydrogens is 232 g/mol. The number of rotatable bonds is 4. The number of fused-ring (bicyclic) bond motifs is 1. The summed E-state index contributed by atoms with van der Waals surface area (Å²) in [5, 5.41) is 2.89. The second kappa shape index (κ2) is 5.18. The maximum absolute atomic E-state index is 11.5. The molecule has 0 saturated heterocycles. The molecule has 0 radical (unpaired) electrons. The van der Waals surface area contributed by atoms with E-state index >= 15 is 0 Å². The highest BCUT2D eigenvalue weighted by Crippen LogP contribution is 2.33. The zero-order valence-corrected chi connectivity index (χ0v) is 10.2. The Labute approximate surface area is 105 Å². The van der Waals surface area contributed by atoms with E-state index in [1.807, 2.05) is 6.07 Å². The van der Waals surface area contributed by atoms with Gasteiger partial charge < -0.3 is 15.8 Å². The van der Waals surface area contributed by atoms with Crippen LogP contribution in [0.4, 0.5) is 0 Å². The number of methoxy groups -OCH3 is 1. The molecule has 1 aromatic carbocycles. The summed E-state index contributed by atoms with van der Waals surface area (Å²) in [7, 11) is 1.48. The lowest BCUT2D eigenvalue weighted by molar-refractivity contribution is -0.125. The Hall–Kier alpha value is -1.88. The van der Waals surface area contributed by atoms with Crippen molar-refractivity contribution in [3.05, 3.63) is 34.9 Å². The molecule has 0 saturated carbocycles. The first-order valence-electron chi connectivity index (χ1n) is 5.83. The van der Waals surface area contributed by atoms with Crippen LogP contribution in [-0.4, -0.2) is 25.5 Å². The van der Waals surface area contributed by atoms with Crippen LogP contribution in [0, 0.1) is 0 Å². The maximum atomic E-state index is 11.5. The summed E-state index contributed by atoms with van der Waals surface area (Å²) in [6.07, 6.45) is 1.54. The van der Waals surface area contributed by atoms with E-state index in [0.29, 0.717) is 5.56 Å². The van der Waals surface area contributed by atoms with E-state index in [4.69, 9.17) is 10.5 Å². The maximum Gasteiger partial charge on any atom is 0.248 e. The predicted molar refractivity (Wildman–Crippen MR) is 66.0 cm³/mol. The summed E-state index contributed by atoms with van der Waals surface area (Å²) in [5.41, 5.74) is 7.82. The third-order valence-electron chi connectivity index (χ3n) is 3.15. The fourth-order valence-electron chi connectivity index (χ4n) is 2.40.